The van der Waals surface area contributed by atoms with Crippen LogP contribution in [0, 0.1) is 0 Å². The van der Waals surface area contributed by atoms with Crippen molar-refractivity contribution in [2.75, 3.05) is 39.9 Å². The lowest BCUT2D eigenvalue weighted by Gasteiger charge is -2.36. The molecule has 0 aliphatic carbocycles. The summed E-state index contributed by atoms with van der Waals surface area (Å²) in [6.07, 6.45) is 6.27. The fraction of sp³-hybridized carbons (Fsp3) is 0.696. The predicted octanol–water partition coefficient (Wildman–Crippen LogP) is 4.24. The maximum atomic E-state index is 6.42. The van der Waals surface area contributed by atoms with E-state index in [1.165, 1.54) is 12.8 Å². The molecule has 0 saturated carbocycles. The Morgan fingerprint density at radius 3 is 2.66 bits per heavy atom. The second-order valence-electron chi connectivity index (χ2n) is 8.77. The smallest absolute Gasteiger partial charge is 0.193 e. The Morgan fingerprint density at radius 1 is 1.24 bits per heavy atom. The molecule has 0 radical (unpaired) electrons. The number of nitrogens with zero attached hydrogens (tertiary/aromatic N) is 2. The summed E-state index contributed by atoms with van der Waals surface area (Å²) in [7, 11) is 1.85. The molecule has 1 atom stereocenters. The molecule has 2 saturated heterocycles. The standard InChI is InChI=1S/C23H36ClN3O2/c1-23(2,20-9-4-5-10-21(20)24)17-26-22(25-3)27-13-11-18(12-14-27)29-16-19-8-6-7-15-28-19/h4-5,9-10,18-19H,6-8,11-17H2,1-3H3,(H,25,26). The third-order valence-corrected chi connectivity index (χ3v) is 6.37. The van der Waals surface area contributed by atoms with Gasteiger partial charge in [-0.05, 0) is 43.7 Å². The third-order valence-electron chi connectivity index (χ3n) is 6.04. The second kappa shape index (κ2) is 10.6. The van der Waals surface area contributed by atoms with E-state index in [1.807, 2.05) is 25.2 Å². The minimum Gasteiger partial charge on any atom is -0.376 e. The van der Waals surface area contributed by atoms with Crippen molar-refractivity contribution in [3.05, 3.63) is 34.9 Å². The molecule has 29 heavy (non-hydrogen) atoms. The highest BCUT2D eigenvalue weighted by molar-refractivity contribution is 6.31. The summed E-state index contributed by atoms with van der Waals surface area (Å²) in [5, 5.41) is 4.37. The first kappa shape index (κ1) is 22.4. The molecule has 1 N–H and O–H groups in total. The van der Waals surface area contributed by atoms with Crippen molar-refractivity contribution >= 4 is 17.6 Å². The minimum atomic E-state index is -0.0876. The van der Waals surface area contributed by atoms with Gasteiger partial charge in [0, 0.05) is 43.7 Å². The van der Waals surface area contributed by atoms with Gasteiger partial charge in [-0.25, -0.2) is 0 Å². The third kappa shape index (κ3) is 6.34. The zero-order valence-corrected chi connectivity index (χ0v) is 18.9. The predicted molar refractivity (Wildman–Crippen MR) is 120 cm³/mol. The lowest BCUT2D eigenvalue weighted by molar-refractivity contribution is -0.0721. The number of likely N-dealkylation sites (tertiary alicyclic amines) is 1. The quantitative estimate of drug-likeness (QED) is 0.551. The number of rotatable bonds is 6. The van der Waals surface area contributed by atoms with E-state index >= 15 is 0 Å². The van der Waals surface area contributed by atoms with Crippen LogP contribution in [0.15, 0.2) is 29.3 Å². The normalized spacial score (nSPS) is 22.0. The second-order valence-corrected chi connectivity index (χ2v) is 9.18. The van der Waals surface area contributed by atoms with Crippen LogP contribution in [0.25, 0.3) is 0 Å². The molecule has 2 aliphatic heterocycles. The van der Waals surface area contributed by atoms with Crippen LogP contribution >= 0.6 is 11.6 Å². The molecule has 2 fully saturated rings. The Bertz CT molecular complexity index is 666. The van der Waals surface area contributed by atoms with E-state index in [9.17, 15) is 0 Å². The van der Waals surface area contributed by atoms with Crippen LogP contribution in [-0.4, -0.2) is 63.0 Å². The molecule has 0 amide bonds. The fourth-order valence-corrected chi connectivity index (χ4v) is 4.55. The fourth-order valence-electron chi connectivity index (χ4n) is 4.15. The first-order valence-corrected chi connectivity index (χ1v) is 11.3. The van der Waals surface area contributed by atoms with Crippen molar-refractivity contribution in [3.8, 4) is 0 Å². The van der Waals surface area contributed by atoms with Crippen LogP contribution in [0.1, 0.15) is 51.5 Å². The van der Waals surface area contributed by atoms with Gasteiger partial charge < -0.3 is 19.7 Å². The summed E-state index contributed by atoms with van der Waals surface area (Å²) in [4.78, 5) is 6.85. The van der Waals surface area contributed by atoms with Gasteiger partial charge in [0.25, 0.3) is 0 Å². The number of guanidine groups is 1. The zero-order chi connectivity index (χ0) is 20.7. The highest BCUT2D eigenvalue weighted by Gasteiger charge is 2.27. The maximum absolute atomic E-state index is 6.42. The van der Waals surface area contributed by atoms with E-state index in [1.54, 1.807) is 0 Å². The van der Waals surface area contributed by atoms with Gasteiger partial charge in [0.05, 0.1) is 18.8 Å². The molecule has 0 bridgehead atoms. The molecule has 0 spiro atoms. The molecule has 1 aromatic rings. The van der Waals surface area contributed by atoms with E-state index in [0.29, 0.717) is 12.2 Å². The highest BCUT2D eigenvalue weighted by Crippen LogP contribution is 2.29. The summed E-state index contributed by atoms with van der Waals surface area (Å²) in [5.41, 5.74) is 1.07. The Hall–Kier alpha value is -1.30. The van der Waals surface area contributed by atoms with Gasteiger partial charge in [0.1, 0.15) is 0 Å². The Kier molecular flexibility index (Phi) is 8.22. The van der Waals surface area contributed by atoms with Gasteiger partial charge in [0.2, 0.25) is 0 Å². The Balaban J connectivity index is 1.44. The molecular weight excluding hydrogens is 386 g/mol. The number of piperidine rings is 1. The first-order valence-electron chi connectivity index (χ1n) is 10.9. The molecular formula is C23H36ClN3O2. The highest BCUT2D eigenvalue weighted by atomic mass is 35.5. The number of hydrogen-bond donors (Lipinski definition) is 1. The average molecular weight is 422 g/mol. The molecule has 6 heteroatoms. The Labute approximate surface area is 180 Å². The van der Waals surface area contributed by atoms with Crippen LogP contribution < -0.4 is 5.32 Å². The topological polar surface area (TPSA) is 46.1 Å². The largest absolute Gasteiger partial charge is 0.376 e. The van der Waals surface area contributed by atoms with Crippen molar-refractivity contribution < 1.29 is 9.47 Å². The van der Waals surface area contributed by atoms with Crippen LogP contribution in [0.2, 0.25) is 5.02 Å². The van der Waals surface area contributed by atoms with E-state index in [0.717, 1.165) is 68.7 Å². The van der Waals surface area contributed by atoms with Crippen molar-refractivity contribution in [2.24, 2.45) is 4.99 Å². The van der Waals surface area contributed by atoms with Crippen molar-refractivity contribution in [2.45, 2.75) is 63.6 Å². The van der Waals surface area contributed by atoms with E-state index < -0.39 is 0 Å². The lowest BCUT2D eigenvalue weighted by atomic mass is 9.84. The number of nitrogens with one attached hydrogen (secondary N) is 1. The molecule has 2 heterocycles. The summed E-state index contributed by atoms with van der Waals surface area (Å²) >= 11 is 6.42. The van der Waals surface area contributed by atoms with Crippen molar-refractivity contribution in [1.82, 2.24) is 10.2 Å². The molecule has 5 nitrogen and oxygen atoms in total. The molecule has 1 unspecified atom stereocenters. The van der Waals surface area contributed by atoms with Crippen molar-refractivity contribution in [1.29, 1.82) is 0 Å². The Morgan fingerprint density at radius 2 is 2.00 bits per heavy atom. The number of hydrogen-bond acceptors (Lipinski definition) is 3. The van der Waals surface area contributed by atoms with Crippen molar-refractivity contribution in [3.63, 3.8) is 0 Å². The van der Waals surface area contributed by atoms with Gasteiger partial charge in [-0.1, -0.05) is 43.6 Å². The number of halogens is 1. The van der Waals surface area contributed by atoms with Gasteiger partial charge in [-0.2, -0.15) is 0 Å². The SMILES string of the molecule is CN=C(NCC(C)(C)c1ccccc1Cl)N1CCC(OCC2CCCCO2)CC1. The van der Waals surface area contributed by atoms with Gasteiger partial charge >= 0.3 is 0 Å². The molecule has 1 aromatic carbocycles. The van der Waals surface area contributed by atoms with Gasteiger partial charge in [0.15, 0.2) is 5.96 Å². The summed E-state index contributed by atoms with van der Waals surface area (Å²) < 4.78 is 11.9. The first-order chi connectivity index (χ1) is 14.0. The summed E-state index contributed by atoms with van der Waals surface area (Å²) in [5.74, 6) is 0.958. The number of aliphatic imine (C=N–C) groups is 1. The van der Waals surface area contributed by atoms with E-state index in [2.05, 4.69) is 35.1 Å². The van der Waals surface area contributed by atoms with Gasteiger partial charge in [-0.15, -0.1) is 0 Å². The molecule has 2 aliphatic rings. The van der Waals surface area contributed by atoms with Crippen LogP contribution in [0.5, 0.6) is 0 Å². The van der Waals surface area contributed by atoms with Crippen LogP contribution in [0.4, 0.5) is 0 Å². The maximum Gasteiger partial charge on any atom is 0.193 e. The minimum absolute atomic E-state index is 0.0876. The molecule has 162 valence electrons. The van der Waals surface area contributed by atoms with E-state index in [-0.39, 0.29) is 5.41 Å². The van der Waals surface area contributed by atoms with Gasteiger partial charge in [-0.3, -0.25) is 4.99 Å². The number of benzene rings is 1. The van der Waals surface area contributed by atoms with Crippen LogP contribution in [-0.2, 0) is 14.9 Å². The summed E-state index contributed by atoms with van der Waals surface area (Å²) in [6.45, 7) is 8.75. The average Bonchev–Trinajstić information content (AvgIpc) is 2.74. The monoisotopic (exact) mass is 421 g/mol. The molecule has 0 aromatic heterocycles. The number of ether oxygens (including phenoxy) is 2. The summed E-state index contributed by atoms with van der Waals surface area (Å²) in [6, 6.07) is 8.07. The van der Waals surface area contributed by atoms with E-state index in [4.69, 9.17) is 21.1 Å². The van der Waals surface area contributed by atoms with Crippen LogP contribution in [0.3, 0.4) is 0 Å². The molecule has 3 rings (SSSR count). The lowest BCUT2D eigenvalue weighted by Crippen LogP contribution is -2.49. The zero-order valence-electron chi connectivity index (χ0n) is 18.1.